The molecular weight excluding hydrogens is 356 g/mol. The molecule has 0 aliphatic heterocycles. The molecule has 0 N–H and O–H groups in total. The molecule has 0 radical (unpaired) electrons. The summed E-state index contributed by atoms with van der Waals surface area (Å²) in [6, 6.07) is 0. The molecule has 0 spiro atoms. The van der Waals surface area contributed by atoms with Gasteiger partial charge in [-0.15, -0.1) is 0 Å². The van der Waals surface area contributed by atoms with Crippen molar-refractivity contribution in [1.29, 1.82) is 0 Å². The molecule has 4 saturated carbocycles. The Morgan fingerprint density at radius 1 is 0.893 bits per heavy atom. The van der Waals surface area contributed by atoms with Crippen LogP contribution in [0.3, 0.4) is 0 Å². The lowest BCUT2D eigenvalue weighted by Gasteiger charge is -2.60. The predicted octanol–water partition coefficient (Wildman–Crippen LogP) is 4.07. The summed E-state index contributed by atoms with van der Waals surface area (Å²) in [5.41, 5.74) is 0.133. The fourth-order valence-corrected chi connectivity index (χ4v) is 7.73. The minimum atomic E-state index is -0.566. The van der Waals surface area contributed by atoms with Crippen LogP contribution in [0.1, 0.15) is 79.1 Å². The topological polar surface area (TPSA) is 69.7 Å². The summed E-state index contributed by atoms with van der Waals surface area (Å²) in [6.07, 6.45) is 7.25. The third-order valence-electron chi connectivity index (χ3n) is 9.03. The quantitative estimate of drug-likeness (QED) is 0.665. The van der Waals surface area contributed by atoms with Crippen LogP contribution < -0.4 is 0 Å². The number of carbonyl (C=O) groups is 3. The highest BCUT2D eigenvalue weighted by atomic mass is 16.5. The Kier molecular flexibility index (Phi) is 4.86. The van der Waals surface area contributed by atoms with Gasteiger partial charge in [0.05, 0.1) is 0 Å². The van der Waals surface area contributed by atoms with E-state index in [2.05, 4.69) is 13.8 Å². The highest BCUT2D eigenvalue weighted by molar-refractivity contribution is 5.86. The van der Waals surface area contributed by atoms with Crippen molar-refractivity contribution in [3.05, 3.63) is 0 Å². The number of esters is 2. The molecule has 5 nitrogen and oxygen atoms in total. The van der Waals surface area contributed by atoms with E-state index in [0.717, 1.165) is 32.1 Å². The Balaban J connectivity index is 1.58. The van der Waals surface area contributed by atoms with E-state index in [4.69, 9.17) is 9.47 Å². The number of carbonyl (C=O) groups excluding carboxylic acids is 3. The van der Waals surface area contributed by atoms with E-state index in [-0.39, 0.29) is 34.7 Å². The highest BCUT2D eigenvalue weighted by Gasteiger charge is 2.62. The first kappa shape index (κ1) is 19.9. The Morgan fingerprint density at radius 2 is 1.57 bits per heavy atom. The highest BCUT2D eigenvalue weighted by Crippen LogP contribution is 2.66. The van der Waals surface area contributed by atoms with Crippen LogP contribution >= 0.6 is 0 Å². The molecule has 0 heterocycles. The summed E-state index contributed by atoms with van der Waals surface area (Å²) in [5, 5.41) is 0. The van der Waals surface area contributed by atoms with Crippen LogP contribution in [-0.4, -0.2) is 29.9 Å². The van der Waals surface area contributed by atoms with E-state index in [1.54, 1.807) is 0 Å². The molecule has 5 heteroatoms. The van der Waals surface area contributed by atoms with Crippen LogP contribution in [-0.2, 0) is 23.9 Å². The molecule has 156 valence electrons. The summed E-state index contributed by atoms with van der Waals surface area (Å²) in [5.74, 6) is 1.75. The maximum atomic E-state index is 12.5. The van der Waals surface area contributed by atoms with E-state index in [9.17, 15) is 14.4 Å². The van der Waals surface area contributed by atoms with Gasteiger partial charge in [0.1, 0.15) is 6.10 Å². The van der Waals surface area contributed by atoms with Crippen molar-refractivity contribution in [2.24, 2.45) is 34.5 Å². The Bertz CT molecular complexity index is 686. The van der Waals surface area contributed by atoms with E-state index < -0.39 is 6.10 Å². The summed E-state index contributed by atoms with van der Waals surface area (Å²) in [7, 11) is 0. The standard InChI is InChI=1S/C23H34O5/c1-13(24)27-20-12-23(4)15(11-19(20)26)5-6-16-17-7-8-21(28-14(2)25)22(17,3)10-9-18(16)23/h15-18,20-21H,5-12H2,1-4H3/t15-,16-,17-,18-,20-,21-,22-,23-/m0/s1. The smallest absolute Gasteiger partial charge is 0.303 e. The third-order valence-corrected chi connectivity index (χ3v) is 9.03. The second-order valence-electron chi connectivity index (χ2n) is 10.3. The van der Waals surface area contributed by atoms with Gasteiger partial charge in [0.2, 0.25) is 0 Å². The van der Waals surface area contributed by atoms with Crippen LogP contribution in [0.2, 0.25) is 0 Å². The van der Waals surface area contributed by atoms with Crippen LogP contribution in [0.4, 0.5) is 0 Å². The number of rotatable bonds is 2. The average molecular weight is 391 g/mol. The first-order chi connectivity index (χ1) is 13.1. The SMILES string of the molecule is CC(=O)O[C@H]1C[C@@]2(C)[C@@H](CC[C@@H]3[C@@H]2CC[C@]2(C)[C@@H](OC(C)=O)CC[C@@H]32)CC1=O. The zero-order valence-corrected chi connectivity index (χ0v) is 17.7. The van der Waals surface area contributed by atoms with Crippen molar-refractivity contribution in [3.63, 3.8) is 0 Å². The predicted molar refractivity (Wildman–Crippen MR) is 103 cm³/mol. The van der Waals surface area contributed by atoms with Crippen LogP contribution in [0.15, 0.2) is 0 Å². The van der Waals surface area contributed by atoms with E-state index in [0.29, 0.717) is 36.5 Å². The largest absolute Gasteiger partial charge is 0.462 e. The van der Waals surface area contributed by atoms with Gasteiger partial charge >= 0.3 is 11.9 Å². The normalized spacial score (nSPS) is 47.5. The molecule has 8 atom stereocenters. The summed E-state index contributed by atoms with van der Waals surface area (Å²) < 4.78 is 11.1. The van der Waals surface area contributed by atoms with Gasteiger partial charge in [0.15, 0.2) is 11.9 Å². The molecule has 0 saturated heterocycles. The lowest BCUT2D eigenvalue weighted by atomic mass is 9.45. The maximum absolute atomic E-state index is 12.5. The molecule has 0 unspecified atom stereocenters. The second-order valence-corrected chi connectivity index (χ2v) is 10.3. The van der Waals surface area contributed by atoms with Gasteiger partial charge in [0.25, 0.3) is 0 Å². The zero-order chi connectivity index (χ0) is 20.3. The Labute approximate surface area is 167 Å². The lowest BCUT2D eigenvalue weighted by molar-refractivity contribution is -0.175. The molecule has 0 aromatic heterocycles. The monoisotopic (exact) mass is 390 g/mol. The lowest BCUT2D eigenvalue weighted by Crippen LogP contribution is -2.56. The van der Waals surface area contributed by atoms with Crippen molar-refractivity contribution < 1.29 is 23.9 Å². The Hall–Kier alpha value is -1.39. The number of ether oxygens (including phenoxy) is 2. The summed E-state index contributed by atoms with van der Waals surface area (Å²) in [6.45, 7) is 7.58. The van der Waals surface area contributed by atoms with Crippen LogP contribution in [0.5, 0.6) is 0 Å². The molecule has 0 bridgehead atoms. The summed E-state index contributed by atoms with van der Waals surface area (Å²) >= 11 is 0. The summed E-state index contributed by atoms with van der Waals surface area (Å²) in [4.78, 5) is 35.6. The number of fused-ring (bicyclic) bond motifs is 5. The number of Topliss-reactive ketones (excluding diaryl/α,β-unsaturated/α-hetero) is 1. The Morgan fingerprint density at radius 3 is 2.25 bits per heavy atom. The van der Waals surface area contributed by atoms with Gasteiger partial charge in [-0.05, 0) is 74.0 Å². The number of hydrogen-bond acceptors (Lipinski definition) is 5. The van der Waals surface area contributed by atoms with Gasteiger partial charge in [-0.3, -0.25) is 14.4 Å². The first-order valence-electron chi connectivity index (χ1n) is 11.0. The number of ketones is 1. The van der Waals surface area contributed by atoms with Crippen LogP contribution in [0.25, 0.3) is 0 Å². The minimum absolute atomic E-state index is 0.0446. The molecule has 28 heavy (non-hydrogen) atoms. The van der Waals surface area contributed by atoms with Gasteiger partial charge in [-0.1, -0.05) is 13.8 Å². The van der Waals surface area contributed by atoms with Crippen LogP contribution in [0, 0.1) is 34.5 Å². The number of hydrogen-bond donors (Lipinski definition) is 0. The molecule has 0 aromatic rings. The average Bonchev–Trinajstić information content (AvgIpc) is 2.92. The fraction of sp³-hybridized carbons (Fsp3) is 0.870. The fourth-order valence-electron chi connectivity index (χ4n) is 7.73. The molecular formula is C23H34O5. The maximum Gasteiger partial charge on any atom is 0.303 e. The van der Waals surface area contributed by atoms with E-state index in [1.807, 2.05) is 0 Å². The first-order valence-corrected chi connectivity index (χ1v) is 11.0. The van der Waals surface area contributed by atoms with Crippen molar-refractivity contribution in [3.8, 4) is 0 Å². The van der Waals surface area contributed by atoms with Crippen molar-refractivity contribution in [2.45, 2.75) is 91.3 Å². The van der Waals surface area contributed by atoms with Gasteiger partial charge in [-0.2, -0.15) is 0 Å². The third kappa shape index (κ3) is 3.00. The molecule has 4 fully saturated rings. The molecule has 0 aromatic carbocycles. The molecule has 4 rings (SSSR count). The van der Waals surface area contributed by atoms with Gasteiger partial charge in [-0.25, -0.2) is 0 Å². The van der Waals surface area contributed by atoms with E-state index in [1.165, 1.54) is 20.3 Å². The minimum Gasteiger partial charge on any atom is -0.462 e. The molecule has 0 amide bonds. The molecule has 4 aliphatic rings. The van der Waals surface area contributed by atoms with E-state index >= 15 is 0 Å². The zero-order valence-electron chi connectivity index (χ0n) is 17.7. The van der Waals surface area contributed by atoms with Gasteiger partial charge in [0, 0.05) is 25.7 Å². The van der Waals surface area contributed by atoms with Crippen molar-refractivity contribution in [1.82, 2.24) is 0 Å². The van der Waals surface area contributed by atoms with Crippen molar-refractivity contribution >= 4 is 17.7 Å². The van der Waals surface area contributed by atoms with Gasteiger partial charge < -0.3 is 9.47 Å². The molecule has 4 aliphatic carbocycles. The van der Waals surface area contributed by atoms with Crippen molar-refractivity contribution in [2.75, 3.05) is 0 Å². The second kappa shape index (κ2) is 6.84.